The van der Waals surface area contributed by atoms with E-state index in [1.807, 2.05) is 6.92 Å². The van der Waals surface area contributed by atoms with E-state index < -0.39 is 0 Å². The van der Waals surface area contributed by atoms with Crippen molar-refractivity contribution < 1.29 is 4.39 Å². The minimum atomic E-state index is -0.111. The molecule has 2 saturated carbocycles. The smallest absolute Gasteiger partial charge is 0.123 e. The summed E-state index contributed by atoms with van der Waals surface area (Å²) >= 11 is 0. The predicted octanol–water partition coefficient (Wildman–Crippen LogP) is 3.68. The normalized spacial score (nSPS) is 31.2. The Hall–Kier alpha value is -0.930. The van der Waals surface area contributed by atoms with Crippen molar-refractivity contribution in [3.8, 4) is 0 Å². The van der Waals surface area contributed by atoms with E-state index in [9.17, 15) is 4.39 Å². The topological polar surface area (TPSA) is 6.48 Å². The number of hydrogen-bond acceptors (Lipinski definition) is 2. The molecule has 0 heterocycles. The van der Waals surface area contributed by atoms with E-state index in [-0.39, 0.29) is 5.82 Å². The van der Waals surface area contributed by atoms with Crippen molar-refractivity contribution >= 4 is 0 Å². The molecule has 0 spiro atoms. The van der Waals surface area contributed by atoms with Gasteiger partial charge in [0.25, 0.3) is 0 Å². The highest BCUT2D eigenvalue weighted by atomic mass is 19.1. The molecule has 0 amide bonds. The van der Waals surface area contributed by atoms with Crippen LogP contribution in [-0.2, 0) is 6.54 Å². The number of fused-ring (bicyclic) bond motifs is 1. The summed E-state index contributed by atoms with van der Waals surface area (Å²) in [5.74, 6) is 1.68. The molecule has 2 aliphatic carbocycles. The number of hydrogen-bond donors (Lipinski definition) is 0. The Bertz CT molecular complexity index is 494. The lowest BCUT2D eigenvalue weighted by atomic mass is 10.0. The average molecular weight is 304 g/mol. The van der Waals surface area contributed by atoms with Gasteiger partial charge in [-0.3, -0.25) is 4.90 Å². The molecule has 2 nitrogen and oxygen atoms in total. The first-order chi connectivity index (χ1) is 10.4. The Morgan fingerprint density at radius 3 is 2.09 bits per heavy atom. The highest BCUT2D eigenvalue weighted by molar-refractivity contribution is 5.23. The molecule has 1 aromatic rings. The van der Waals surface area contributed by atoms with Crippen molar-refractivity contribution in [2.75, 3.05) is 21.1 Å². The van der Waals surface area contributed by atoms with Crippen LogP contribution in [0.4, 0.5) is 4.39 Å². The molecule has 0 radical (unpaired) electrons. The van der Waals surface area contributed by atoms with Crippen molar-refractivity contribution in [1.29, 1.82) is 0 Å². The van der Waals surface area contributed by atoms with Gasteiger partial charge in [-0.05, 0) is 88.8 Å². The highest BCUT2D eigenvalue weighted by Crippen LogP contribution is 2.46. The molecule has 22 heavy (non-hydrogen) atoms. The Labute approximate surface area is 134 Å². The monoisotopic (exact) mass is 304 g/mol. The molecule has 1 aromatic carbocycles. The highest BCUT2D eigenvalue weighted by Gasteiger charge is 2.43. The lowest BCUT2D eigenvalue weighted by molar-refractivity contribution is 0.212. The molecular weight excluding hydrogens is 275 g/mol. The fourth-order valence-electron chi connectivity index (χ4n) is 4.65. The van der Waals surface area contributed by atoms with Crippen molar-refractivity contribution in [1.82, 2.24) is 9.80 Å². The lowest BCUT2D eigenvalue weighted by Gasteiger charge is -2.27. The Kier molecular flexibility index (Phi) is 4.56. The van der Waals surface area contributed by atoms with Crippen LogP contribution in [0.2, 0.25) is 0 Å². The van der Waals surface area contributed by atoms with Gasteiger partial charge < -0.3 is 4.90 Å². The minimum Gasteiger partial charge on any atom is -0.306 e. The summed E-state index contributed by atoms with van der Waals surface area (Å²) in [6.07, 6.45) is 5.36. The van der Waals surface area contributed by atoms with Crippen LogP contribution in [-0.4, -0.2) is 43.0 Å². The van der Waals surface area contributed by atoms with Crippen molar-refractivity contribution in [2.24, 2.45) is 11.8 Å². The molecule has 3 heteroatoms. The zero-order valence-corrected chi connectivity index (χ0v) is 14.3. The van der Waals surface area contributed by atoms with Crippen LogP contribution in [0.15, 0.2) is 18.2 Å². The average Bonchev–Trinajstić information content (AvgIpc) is 2.94. The molecule has 2 unspecified atom stereocenters. The molecule has 0 saturated heterocycles. The third-order valence-corrected chi connectivity index (χ3v) is 5.85. The second kappa shape index (κ2) is 6.29. The maximum Gasteiger partial charge on any atom is 0.123 e. The summed E-state index contributed by atoms with van der Waals surface area (Å²) < 4.78 is 13.5. The first kappa shape index (κ1) is 15.9. The first-order valence-corrected chi connectivity index (χ1v) is 8.55. The SMILES string of the molecule is Cc1cc(F)cc(CN(C)C2C[C@H]3CC(N(C)C)C[C@H]3C2)c1. The number of halogens is 1. The molecule has 2 aliphatic rings. The summed E-state index contributed by atoms with van der Waals surface area (Å²) in [5, 5.41) is 0. The second-order valence-electron chi connectivity index (χ2n) is 7.79. The maximum absolute atomic E-state index is 13.5. The van der Waals surface area contributed by atoms with E-state index >= 15 is 0 Å². The van der Waals surface area contributed by atoms with Gasteiger partial charge in [0.05, 0.1) is 0 Å². The molecule has 0 N–H and O–H groups in total. The summed E-state index contributed by atoms with van der Waals surface area (Å²) in [6.45, 7) is 2.83. The molecule has 3 rings (SSSR count). The summed E-state index contributed by atoms with van der Waals surface area (Å²) in [4.78, 5) is 4.84. The van der Waals surface area contributed by atoms with Crippen molar-refractivity contribution in [3.05, 3.63) is 35.1 Å². The Morgan fingerprint density at radius 2 is 1.55 bits per heavy atom. The Balaban J connectivity index is 1.58. The standard InChI is InChI=1S/C19H29FN2/c1-13-5-14(7-17(20)6-13)12-22(4)19-10-15-8-18(21(2)3)9-16(15)11-19/h5-7,15-16,18-19H,8-12H2,1-4H3/t15-,16+,18?,19?. The van der Waals surface area contributed by atoms with E-state index in [4.69, 9.17) is 0 Å². The molecule has 2 fully saturated rings. The van der Waals surface area contributed by atoms with Crippen LogP contribution in [0.5, 0.6) is 0 Å². The van der Waals surface area contributed by atoms with E-state index in [1.54, 1.807) is 12.1 Å². The van der Waals surface area contributed by atoms with Crippen LogP contribution < -0.4 is 0 Å². The van der Waals surface area contributed by atoms with Crippen molar-refractivity contribution in [3.63, 3.8) is 0 Å². The Morgan fingerprint density at radius 1 is 0.955 bits per heavy atom. The third kappa shape index (κ3) is 3.36. The van der Waals surface area contributed by atoms with Crippen LogP contribution in [0.3, 0.4) is 0 Å². The molecule has 0 aliphatic heterocycles. The summed E-state index contributed by atoms with van der Waals surface area (Å²) in [7, 11) is 6.62. The van der Waals surface area contributed by atoms with Gasteiger partial charge in [-0.15, -0.1) is 0 Å². The van der Waals surface area contributed by atoms with E-state index in [0.29, 0.717) is 6.04 Å². The quantitative estimate of drug-likeness (QED) is 0.837. The first-order valence-electron chi connectivity index (χ1n) is 8.55. The van der Waals surface area contributed by atoms with Crippen LogP contribution in [0.1, 0.15) is 36.8 Å². The van der Waals surface area contributed by atoms with Crippen LogP contribution in [0.25, 0.3) is 0 Å². The maximum atomic E-state index is 13.5. The van der Waals surface area contributed by atoms with Gasteiger partial charge in [-0.25, -0.2) is 4.39 Å². The van der Waals surface area contributed by atoms with Gasteiger partial charge in [0.15, 0.2) is 0 Å². The largest absolute Gasteiger partial charge is 0.306 e. The molecule has 0 aromatic heterocycles. The van der Waals surface area contributed by atoms with Gasteiger partial charge in [-0.1, -0.05) is 6.07 Å². The zero-order valence-electron chi connectivity index (χ0n) is 14.3. The van der Waals surface area contributed by atoms with Crippen LogP contribution in [0, 0.1) is 24.6 Å². The second-order valence-corrected chi connectivity index (χ2v) is 7.79. The summed E-state index contributed by atoms with van der Waals surface area (Å²) in [5.41, 5.74) is 2.11. The van der Waals surface area contributed by atoms with Gasteiger partial charge in [-0.2, -0.15) is 0 Å². The van der Waals surface area contributed by atoms with Crippen LogP contribution >= 0.6 is 0 Å². The third-order valence-electron chi connectivity index (χ3n) is 5.85. The number of benzene rings is 1. The van der Waals surface area contributed by atoms with E-state index in [1.165, 1.54) is 25.7 Å². The fraction of sp³-hybridized carbons (Fsp3) is 0.684. The van der Waals surface area contributed by atoms with E-state index in [0.717, 1.165) is 35.5 Å². The molecule has 122 valence electrons. The predicted molar refractivity (Wildman–Crippen MR) is 89.3 cm³/mol. The van der Waals surface area contributed by atoms with Crippen molar-refractivity contribution in [2.45, 2.75) is 51.2 Å². The van der Waals surface area contributed by atoms with Gasteiger partial charge in [0.2, 0.25) is 0 Å². The number of aryl methyl sites for hydroxylation is 1. The molecule has 4 atom stereocenters. The molecule has 0 bridgehead atoms. The fourth-order valence-corrected chi connectivity index (χ4v) is 4.65. The van der Waals surface area contributed by atoms with Gasteiger partial charge in [0, 0.05) is 18.6 Å². The minimum absolute atomic E-state index is 0.111. The number of rotatable bonds is 4. The van der Waals surface area contributed by atoms with Gasteiger partial charge in [0.1, 0.15) is 5.82 Å². The summed E-state index contributed by atoms with van der Waals surface area (Å²) in [6, 6.07) is 6.85. The van der Waals surface area contributed by atoms with Gasteiger partial charge >= 0.3 is 0 Å². The van der Waals surface area contributed by atoms with E-state index in [2.05, 4.69) is 37.0 Å². The number of nitrogens with zero attached hydrogens (tertiary/aromatic N) is 2. The lowest BCUT2D eigenvalue weighted by Crippen LogP contribution is -2.31. The zero-order chi connectivity index (χ0) is 15.9. The molecular formula is C19H29FN2.